The van der Waals surface area contributed by atoms with E-state index >= 15 is 0 Å². The molecular weight excluding hydrogens is 843 g/mol. The lowest BCUT2D eigenvalue weighted by Crippen LogP contribution is -2.28. The molecule has 0 heterocycles. The highest BCUT2D eigenvalue weighted by Gasteiger charge is 2.46. The van der Waals surface area contributed by atoms with Crippen LogP contribution >= 0.6 is 0 Å². The smallest absolute Gasteiger partial charge is 0.0713 e. The second-order valence-corrected chi connectivity index (χ2v) is 18.9. The topological polar surface area (TPSA) is 3.24 Å². The van der Waals surface area contributed by atoms with E-state index < -0.39 is 5.41 Å². The van der Waals surface area contributed by atoms with E-state index in [1.807, 2.05) is 0 Å². The molecule has 0 aliphatic heterocycles. The van der Waals surface area contributed by atoms with E-state index in [-0.39, 0.29) is 5.41 Å². The van der Waals surface area contributed by atoms with Crippen molar-refractivity contribution in [1.82, 2.24) is 0 Å². The van der Waals surface area contributed by atoms with Crippen LogP contribution < -0.4 is 4.90 Å². The molecule has 2 aliphatic rings. The van der Waals surface area contributed by atoms with Crippen LogP contribution in [0.5, 0.6) is 0 Å². The summed E-state index contributed by atoms with van der Waals surface area (Å²) < 4.78 is 0. The maximum atomic E-state index is 2.48. The molecule has 11 aromatic carbocycles. The van der Waals surface area contributed by atoms with Crippen LogP contribution in [0.4, 0.5) is 17.1 Å². The summed E-state index contributed by atoms with van der Waals surface area (Å²) >= 11 is 0. The number of hydrogen-bond donors (Lipinski definition) is 0. The fraction of sp³-hybridized carbons (Fsp3) is 0.0435. The van der Waals surface area contributed by atoms with Crippen molar-refractivity contribution in [3.63, 3.8) is 0 Å². The first kappa shape index (κ1) is 41.4. The molecule has 70 heavy (non-hydrogen) atoms. The van der Waals surface area contributed by atoms with Gasteiger partial charge < -0.3 is 4.90 Å². The predicted molar refractivity (Wildman–Crippen MR) is 292 cm³/mol. The molecule has 0 fully saturated rings. The number of hydrogen-bond acceptors (Lipinski definition) is 1. The molecule has 0 aromatic heterocycles. The molecule has 11 aromatic rings. The summed E-state index contributed by atoms with van der Waals surface area (Å²) in [4.78, 5) is 2.45. The summed E-state index contributed by atoms with van der Waals surface area (Å²) in [6.07, 6.45) is 0. The molecule has 0 bridgehead atoms. The second-order valence-electron chi connectivity index (χ2n) is 18.9. The number of anilines is 3. The van der Waals surface area contributed by atoms with E-state index in [9.17, 15) is 0 Å². The highest BCUT2D eigenvalue weighted by molar-refractivity contribution is 5.94. The van der Waals surface area contributed by atoms with E-state index in [1.54, 1.807) is 0 Å². The van der Waals surface area contributed by atoms with Crippen LogP contribution in [0.2, 0.25) is 0 Å². The van der Waals surface area contributed by atoms with Gasteiger partial charge >= 0.3 is 0 Å². The fourth-order valence-corrected chi connectivity index (χ4v) is 12.0. The van der Waals surface area contributed by atoms with Gasteiger partial charge in [0.2, 0.25) is 0 Å². The van der Waals surface area contributed by atoms with Crippen LogP contribution in [0.1, 0.15) is 45.9 Å². The molecule has 0 N–H and O–H groups in total. The molecule has 0 spiro atoms. The van der Waals surface area contributed by atoms with Crippen molar-refractivity contribution in [2.75, 3.05) is 4.90 Å². The van der Waals surface area contributed by atoms with Crippen LogP contribution in [0.25, 0.3) is 55.6 Å². The summed E-state index contributed by atoms with van der Waals surface area (Å²) in [5.74, 6) is 0. The van der Waals surface area contributed by atoms with Crippen LogP contribution in [0.3, 0.4) is 0 Å². The summed E-state index contributed by atoms with van der Waals surface area (Å²) in [5, 5.41) is 0. The second kappa shape index (κ2) is 16.8. The number of benzene rings is 11. The Hall–Kier alpha value is -8.78. The highest BCUT2D eigenvalue weighted by Crippen LogP contribution is 2.58. The molecule has 13 rings (SSSR count). The molecule has 1 heteroatoms. The molecule has 0 saturated carbocycles. The van der Waals surface area contributed by atoms with Gasteiger partial charge in [-0.3, -0.25) is 0 Å². The standard InChI is InChI=1S/C69H49N/c1-68(53-24-8-3-9-25-53)63-34-17-14-32-59(63)61-43-39-51(46-65(61)68)49-37-41-56(42-38-49)70(57-30-20-23-50(45-57)48-21-6-2-7-22-48)67-36-19-16-31-58(67)52-40-44-62-60-33-15-18-35-64(60)69(66(62)47-52,54-26-10-4-11-27-54)55-28-12-5-13-29-55/h2-47H,1H3. The predicted octanol–water partition coefficient (Wildman–Crippen LogP) is 17.9. The minimum Gasteiger partial charge on any atom is -0.310 e. The minimum absolute atomic E-state index is 0.268. The highest BCUT2D eigenvalue weighted by atomic mass is 15.1. The van der Waals surface area contributed by atoms with Crippen molar-refractivity contribution in [3.05, 3.63) is 318 Å². The van der Waals surface area contributed by atoms with Crippen LogP contribution in [-0.4, -0.2) is 0 Å². The third-order valence-electron chi connectivity index (χ3n) is 15.2. The van der Waals surface area contributed by atoms with Gasteiger partial charge in [0.05, 0.1) is 11.1 Å². The van der Waals surface area contributed by atoms with Gasteiger partial charge in [0.1, 0.15) is 0 Å². The van der Waals surface area contributed by atoms with Crippen molar-refractivity contribution < 1.29 is 0 Å². The molecule has 0 radical (unpaired) electrons. The molecular formula is C69H49N. The first-order chi connectivity index (χ1) is 34.6. The first-order valence-corrected chi connectivity index (χ1v) is 24.4. The van der Waals surface area contributed by atoms with Gasteiger partial charge in [0, 0.05) is 22.4 Å². The Bertz CT molecular complexity index is 3670. The van der Waals surface area contributed by atoms with Gasteiger partial charge in [-0.25, -0.2) is 0 Å². The van der Waals surface area contributed by atoms with Gasteiger partial charge in [0.15, 0.2) is 0 Å². The van der Waals surface area contributed by atoms with Crippen molar-refractivity contribution in [2.45, 2.75) is 17.8 Å². The Kier molecular flexibility index (Phi) is 9.92. The van der Waals surface area contributed by atoms with Gasteiger partial charge in [-0.05, 0) is 138 Å². The lowest BCUT2D eigenvalue weighted by molar-refractivity contribution is 0.714. The van der Waals surface area contributed by atoms with E-state index in [2.05, 4.69) is 291 Å². The Balaban J connectivity index is 0.965. The Labute approximate surface area is 411 Å². The third-order valence-corrected chi connectivity index (χ3v) is 15.2. The maximum Gasteiger partial charge on any atom is 0.0713 e. The largest absolute Gasteiger partial charge is 0.310 e. The summed E-state index contributed by atoms with van der Waals surface area (Å²) in [5.41, 5.74) is 23.9. The van der Waals surface area contributed by atoms with Gasteiger partial charge in [-0.15, -0.1) is 0 Å². The van der Waals surface area contributed by atoms with Gasteiger partial charge in [-0.1, -0.05) is 237 Å². The van der Waals surface area contributed by atoms with E-state index in [1.165, 1.54) is 89.0 Å². The summed E-state index contributed by atoms with van der Waals surface area (Å²) in [6.45, 7) is 2.39. The number of fused-ring (bicyclic) bond motifs is 6. The normalized spacial score (nSPS) is 14.8. The van der Waals surface area contributed by atoms with Gasteiger partial charge in [-0.2, -0.15) is 0 Å². The average molecular weight is 892 g/mol. The molecule has 330 valence electrons. The Morgan fingerprint density at radius 3 is 1.37 bits per heavy atom. The Morgan fingerprint density at radius 2 is 0.700 bits per heavy atom. The first-order valence-electron chi connectivity index (χ1n) is 24.4. The molecule has 2 aliphatic carbocycles. The lowest BCUT2D eigenvalue weighted by atomic mass is 9.67. The van der Waals surface area contributed by atoms with Crippen LogP contribution in [0, 0.1) is 0 Å². The fourth-order valence-electron chi connectivity index (χ4n) is 12.0. The van der Waals surface area contributed by atoms with E-state index in [0.717, 1.165) is 22.6 Å². The van der Waals surface area contributed by atoms with Crippen molar-refractivity contribution in [3.8, 4) is 55.6 Å². The molecule has 1 unspecified atom stereocenters. The summed E-state index contributed by atoms with van der Waals surface area (Å²) in [6, 6.07) is 103. The number of rotatable bonds is 9. The van der Waals surface area contributed by atoms with Gasteiger partial charge in [0.25, 0.3) is 0 Å². The number of para-hydroxylation sites is 1. The SMILES string of the molecule is CC1(c2ccccc2)c2ccccc2-c2ccc(-c3ccc(N(c4cccc(-c5ccccc5)c4)c4ccccc4-c4ccc5c(c4)C(c4ccccc4)(c4ccccc4)c4ccccc4-5)cc3)cc21. The number of nitrogens with zero attached hydrogens (tertiary/aromatic N) is 1. The van der Waals surface area contributed by atoms with Crippen molar-refractivity contribution in [1.29, 1.82) is 0 Å². The third kappa shape index (κ3) is 6.46. The molecule has 1 nitrogen and oxygen atoms in total. The monoisotopic (exact) mass is 891 g/mol. The Morgan fingerprint density at radius 1 is 0.257 bits per heavy atom. The quantitative estimate of drug-likeness (QED) is 0.140. The zero-order valence-electron chi connectivity index (χ0n) is 39.0. The molecule has 1 atom stereocenters. The maximum absolute atomic E-state index is 2.48. The molecule has 0 saturated heterocycles. The van der Waals surface area contributed by atoms with Crippen molar-refractivity contribution in [2.24, 2.45) is 0 Å². The van der Waals surface area contributed by atoms with Crippen LogP contribution in [-0.2, 0) is 10.8 Å². The van der Waals surface area contributed by atoms with Crippen molar-refractivity contribution >= 4 is 17.1 Å². The lowest BCUT2D eigenvalue weighted by Gasteiger charge is -2.34. The molecule has 0 amide bonds. The minimum atomic E-state index is -0.502. The van der Waals surface area contributed by atoms with E-state index in [4.69, 9.17) is 0 Å². The zero-order chi connectivity index (χ0) is 46.7. The zero-order valence-corrected chi connectivity index (χ0v) is 39.0. The average Bonchev–Trinajstić information content (AvgIpc) is 3.89. The summed E-state index contributed by atoms with van der Waals surface area (Å²) in [7, 11) is 0. The van der Waals surface area contributed by atoms with E-state index in [0.29, 0.717) is 0 Å². The van der Waals surface area contributed by atoms with Crippen LogP contribution in [0.15, 0.2) is 279 Å².